The standard InChI is InChI=1S/C12H14ClN5O/c1-7-15-11(17-16-7)6-18(2)12(19)9-5-8(13)3-4-10(9)14/h3-5H,6,14H2,1-2H3,(H,15,16,17). The van der Waals surface area contributed by atoms with Crippen LogP contribution in [0.4, 0.5) is 5.69 Å². The maximum absolute atomic E-state index is 12.3. The van der Waals surface area contributed by atoms with Gasteiger partial charge in [-0.1, -0.05) is 11.6 Å². The normalized spacial score (nSPS) is 10.5. The molecule has 0 aliphatic carbocycles. The Hall–Kier alpha value is -2.08. The smallest absolute Gasteiger partial charge is 0.256 e. The summed E-state index contributed by atoms with van der Waals surface area (Å²) in [5, 5.41) is 7.18. The predicted octanol–water partition coefficient (Wildman–Crippen LogP) is 1.62. The molecule has 2 aromatic rings. The molecule has 6 nitrogen and oxygen atoms in total. The molecular weight excluding hydrogens is 266 g/mol. The zero-order valence-electron chi connectivity index (χ0n) is 10.6. The molecule has 3 N–H and O–H groups in total. The molecule has 7 heteroatoms. The van der Waals surface area contributed by atoms with Crippen LogP contribution in [0.15, 0.2) is 18.2 Å². The molecule has 0 fully saturated rings. The highest BCUT2D eigenvalue weighted by Crippen LogP contribution is 2.19. The number of nitrogens with one attached hydrogen (secondary N) is 1. The maximum atomic E-state index is 12.3. The quantitative estimate of drug-likeness (QED) is 0.836. The lowest BCUT2D eigenvalue weighted by molar-refractivity contribution is 0.0782. The first-order valence-corrected chi connectivity index (χ1v) is 6.03. The minimum Gasteiger partial charge on any atom is -0.398 e. The van der Waals surface area contributed by atoms with E-state index in [2.05, 4.69) is 15.2 Å². The average Bonchev–Trinajstić information content (AvgIpc) is 2.77. The summed E-state index contributed by atoms with van der Waals surface area (Å²) in [7, 11) is 1.66. The molecule has 1 aromatic carbocycles. The van der Waals surface area contributed by atoms with Gasteiger partial charge >= 0.3 is 0 Å². The van der Waals surface area contributed by atoms with Crippen molar-refractivity contribution < 1.29 is 4.79 Å². The highest BCUT2D eigenvalue weighted by atomic mass is 35.5. The van der Waals surface area contributed by atoms with Crippen LogP contribution in [0, 0.1) is 6.92 Å². The number of halogens is 1. The van der Waals surface area contributed by atoms with E-state index in [9.17, 15) is 4.79 Å². The number of hydrogen-bond donors (Lipinski definition) is 2. The summed E-state index contributed by atoms with van der Waals surface area (Å²) in [4.78, 5) is 17.9. The Morgan fingerprint density at radius 2 is 2.26 bits per heavy atom. The van der Waals surface area contributed by atoms with E-state index in [0.29, 0.717) is 34.5 Å². The number of aromatic nitrogens is 3. The van der Waals surface area contributed by atoms with E-state index in [4.69, 9.17) is 17.3 Å². The number of nitrogens with two attached hydrogens (primary N) is 1. The minimum absolute atomic E-state index is 0.220. The van der Waals surface area contributed by atoms with Crippen LogP contribution in [0.3, 0.4) is 0 Å². The zero-order chi connectivity index (χ0) is 14.0. The summed E-state index contributed by atoms with van der Waals surface area (Å²) in [6.45, 7) is 2.10. The molecule has 1 heterocycles. The number of benzene rings is 1. The summed E-state index contributed by atoms with van der Waals surface area (Å²) in [6.07, 6.45) is 0. The second kappa shape index (κ2) is 5.27. The molecule has 0 unspecified atom stereocenters. The van der Waals surface area contributed by atoms with E-state index in [0.717, 1.165) is 0 Å². The van der Waals surface area contributed by atoms with Gasteiger partial charge in [-0.25, -0.2) is 4.98 Å². The summed E-state index contributed by atoms with van der Waals surface area (Å²) in [5.41, 5.74) is 6.55. The second-order valence-electron chi connectivity index (χ2n) is 4.23. The van der Waals surface area contributed by atoms with Gasteiger partial charge in [0.05, 0.1) is 12.1 Å². The van der Waals surface area contributed by atoms with Crippen LogP contribution in [0.1, 0.15) is 22.0 Å². The van der Waals surface area contributed by atoms with Crippen LogP contribution < -0.4 is 5.73 Å². The number of carbonyl (C=O) groups is 1. The Bertz CT molecular complexity index is 610. The van der Waals surface area contributed by atoms with Gasteiger partial charge in [0.1, 0.15) is 5.82 Å². The summed E-state index contributed by atoms with van der Waals surface area (Å²) in [5.74, 6) is 1.04. The minimum atomic E-state index is -0.220. The third-order valence-electron chi connectivity index (χ3n) is 2.61. The van der Waals surface area contributed by atoms with Gasteiger partial charge in [0, 0.05) is 17.8 Å². The van der Waals surface area contributed by atoms with E-state index in [1.165, 1.54) is 4.90 Å². The molecule has 1 aromatic heterocycles. The van der Waals surface area contributed by atoms with Crippen molar-refractivity contribution >= 4 is 23.2 Å². The van der Waals surface area contributed by atoms with Crippen LogP contribution in [-0.4, -0.2) is 33.0 Å². The Balaban J connectivity index is 2.16. The molecule has 0 aliphatic heterocycles. The van der Waals surface area contributed by atoms with E-state index >= 15 is 0 Å². The van der Waals surface area contributed by atoms with Gasteiger partial charge in [-0.2, -0.15) is 5.10 Å². The third-order valence-corrected chi connectivity index (χ3v) is 2.85. The molecule has 0 bridgehead atoms. The molecule has 0 radical (unpaired) electrons. The van der Waals surface area contributed by atoms with E-state index in [1.807, 2.05) is 0 Å². The summed E-state index contributed by atoms with van der Waals surface area (Å²) >= 11 is 5.87. The number of amides is 1. The van der Waals surface area contributed by atoms with Crippen LogP contribution in [0.5, 0.6) is 0 Å². The second-order valence-corrected chi connectivity index (χ2v) is 4.67. The molecule has 0 saturated carbocycles. The van der Waals surface area contributed by atoms with Crippen LogP contribution in [-0.2, 0) is 6.54 Å². The number of H-pyrrole nitrogens is 1. The maximum Gasteiger partial charge on any atom is 0.256 e. The van der Waals surface area contributed by atoms with Crippen molar-refractivity contribution in [2.24, 2.45) is 0 Å². The molecule has 2 rings (SSSR count). The van der Waals surface area contributed by atoms with Gasteiger partial charge in [-0.3, -0.25) is 9.89 Å². The van der Waals surface area contributed by atoms with E-state index in [1.54, 1.807) is 32.2 Å². The lowest BCUT2D eigenvalue weighted by Crippen LogP contribution is -2.27. The van der Waals surface area contributed by atoms with Crippen molar-refractivity contribution in [2.45, 2.75) is 13.5 Å². The van der Waals surface area contributed by atoms with Crippen molar-refractivity contribution in [1.29, 1.82) is 0 Å². The van der Waals surface area contributed by atoms with Gasteiger partial charge in [-0.15, -0.1) is 0 Å². The predicted molar refractivity (Wildman–Crippen MR) is 72.8 cm³/mol. The molecule has 0 saturated heterocycles. The van der Waals surface area contributed by atoms with Crippen LogP contribution >= 0.6 is 11.6 Å². The topological polar surface area (TPSA) is 87.9 Å². The number of hydrogen-bond acceptors (Lipinski definition) is 4. The zero-order valence-corrected chi connectivity index (χ0v) is 11.4. The van der Waals surface area contributed by atoms with E-state index < -0.39 is 0 Å². The lowest BCUT2D eigenvalue weighted by atomic mass is 10.1. The van der Waals surface area contributed by atoms with Gasteiger partial charge in [0.25, 0.3) is 5.91 Å². The number of rotatable bonds is 3. The van der Waals surface area contributed by atoms with Gasteiger partial charge < -0.3 is 10.6 Å². The number of nitrogen functional groups attached to an aromatic ring is 1. The lowest BCUT2D eigenvalue weighted by Gasteiger charge is -2.16. The first-order valence-electron chi connectivity index (χ1n) is 5.65. The van der Waals surface area contributed by atoms with Gasteiger partial charge in [-0.05, 0) is 25.1 Å². The molecule has 19 heavy (non-hydrogen) atoms. The number of aromatic amines is 1. The van der Waals surface area contributed by atoms with Crippen molar-refractivity contribution in [1.82, 2.24) is 20.1 Å². The number of carbonyl (C=O) groups excluding carboxylic acids is 1. The first kappa shape index (κ1) is 13.4. The fraction of sp³-hybridized carbons (Fsp3) is 0.250. The molecular formula is C12H14ClN5O. The fourth-order valence-electron chi connectivity index (χ4n) is 1.66. The Kier molecular flexibility index (Phi) is 3.71. The summed E-state index contributed by atoms with van der Waals surface area (Å²) in [6, 6.07) is 4.81. The van der Waals surface area contributed by atoms with Crippen LogP contribution in [0.25, 0.3) is 0 Å². The molecule has 0 spiro atoms. The number of anilines is 1. The summed E-state index contributed by atoms with van der Waals surface area (Å²) < 4.78 is 0. The molecule has 100 valence electrons. The average molecular weight is 280 g/mol. The van der Waals surface area contributed by atoms with E-state index in [-0.39, 0.29) is 5.91 Å². The molecule has 0 aliphatic rings. The highest BCUT2D eigenvalue weighted by Gasteiger charge is 2.16. The van der Waals surface area contributed by atoms with Gasteiger partial charge in [0.15, 0.2) is 5.82 Å². The Morgan fingerprint density at radius 3 is 2.89 bits per heavy atom. The van der Waals surface area contributed by atoms with Gasteiger partial charge in [0.2, 0.25) is 0 Å². The van der Waals surface area contributed by atoms with Crippen molar-refractivity contribution in [3.63, 3.8) is 0 Å². The number of aryl methyl sites for hydroxylation is 1. The van der Waals surface area contributed by atoms with Crippen LogP contribution in [0.2, 0.25) is 5.02 Å². The largest absolute Gasteiger partial charge is 0.398 e. The Morgan fingerprint density at radius 1 is 1.53 bits per heavy atom. The SMILES string of the molecule is Cc1nc(CN(C)C(=O)c2cc(Cl)ccc2N)n[nH]1. The van der Waals surface area contributed by atoms with Crippen molar-refractivity contribution in [3.8, 4) is 0 Å². The number of nitrogens with zero attached hydrogens (tertiary/aromatic N) is 3. The first-order chi connectivity index (χ1) is 8.97. The Labute approximate surface area is 115 Å². The highest BCUT2D eigenvalue weighted by molar-refractivity contribution is 6.31. The van der Waals surface area contributed by atoms with Crippen molar-refractivity contribution in [2.75, 3.05) is 12.8 Å². The fourth-order valence-corrected chi connectivity index (χ4v) is 1.84. The van der Waals surface area contributed by atoms with Crippen molar-refractivity contribution in [3.05, 3.63) is 40.4 Å². The third kappa shape index (κ3) is 3.03. The monoisotopic (exact) mass is 279 g/mol. The molecule has 0 atom stereocenters. The molecule has 1 amide bonds.